The molecule has 186 valence electrons. The number of benzene rings is 3. The van der Waals surface area contributed by atoms with E-state index in [1.54, 1.807) is 18.2 Å². The van der Waals surface area contributed by atoms with Crippen molar-refractivity contribution in [2.45, 2.75) is 25.8 Å². The lowest BCUT2D eigenvalue weighted by atomic mass is 10.0. The number of amides is 1. The molecule has 0 aliphatic heterocycles. The molecular weight excluding hydrogens is 491 g/mol. The van der Waals surface area contributed by atoms with Gasteiger partial charge in [-0.25, -0.2) is 14.2 Å². The second-order valence-electron chi connectivity index (χ2n) is 8.91. The molecule has 37 heavy (non-hydrogen) atoms. The number of esters is 1. The number of aromatic nitrogens is 1. The molecule has 0 spiro atoms. The van der Waals surface area contributed by atoms with E-state index in [1.807, 2.05) is 61.5 Å². The quantitative estimate of drug-likeness (QED) is 0.296. The zero-order valence-corrected chi connectivity index (χ0v) is 20.9. The molecule has 1 atom stereocenters. The van der Waals surface area contributed by atoms with Crippen molar-refractivity contribution in [1.29, 1.82) is 0 Å². The highest BCUT2D eigenvalue weighted by Crippen LogP contribution is 2.38. The molecule has 0 bridgehead atoms. The van der Waals surface area contributed by atoms with Crippen molar-refractivity contribution in [3.63, 3.8) is 0 Å². The number of carbonyl (C=O) groups excluding carboxylic acids is 2. The van der Waals surface area contributed by atoms with Crippen LogP contribution in [0.2, 0.25) is 5.02 Å². The maximum atomic E-state index is 14.5. The van der Waals surface area contributed by atoms with Crippen LogP contribution in [0, 0.1) is 5.82 Å². The van der Waals surface area contributed by atoms with Crippen molar-refractivity contribution >= 4 is 46.0 Å². The average molecular weight is 515 g/mol. The van der Waals surface area contributed by atoms with Crippen LogP contribution in [0.3, 0.4) is 0 Å². The molecule has 5 nitrogen and oxygen atoms in total. The normalized spacial score (nSPS) is 14.4. The number of fused-ring (bicyclic) bond motifs is 2. The lowest BCUT2D eigenvalue weighted by Crippen LogP contribution is -2.31. The van der Waals surface area contributed by atoms with Gasteiger partial charge in [-0.05, 0) is 60.7 Å². The smallest absolute Gasteiger partial charge is 0.339 e. The molecule has 0 unspecified atom stereocenters. The van der Waals surface area contributed by atoms with E-state index in [0.717, 1.165) is 16.7 Å². The van der Waals surface area contributed by atoms with Crippen LogP contribution in [0.25, 0.3) is 22.6 Å². The van der Waals surface area contributed by atoms with Crippen molar-refractivity contribution in [3.05, 3.63) is 112 Å². The number of para-hydroxylation sites is 1. The van der Waals surface area contributed by atoms with Gasteiger partial charge in [-0.3, -0.25) is 4.79 Å². The van der Waals surface area contributed by atoms with E-state index in [4.69, 9.17) is 21.3 Å². The highest BCUT2D eigenvalue weighted by atomic mass is 35.5. The summed E-state index contributed by atoms with van der Waals surface area (Å²) in [5.74, 6) is -1.42. The Balaban J connectivity index is 1.43. The molecule has 1 aromatic heterocycles. The summed E-state index contributed by atoms with van der Waals surface area (Å²) in [5.41, 5.74) is 4.36. The standard InChI is InChI=1S/C30H24ClFN2O3/c1-18(19-8-3-2-4-9-19)33-27(35)17-37-30(36)28-21-10-5-6-13-26(21)34-29-20(14-15-22(28)29)16-23-24(31)11-7-12-25(23)32/h2-13,16,18H,14-15,17H2,1H3,(H,33,35)/b20-16-/t18-/m1/s1. The number of allylic oxidation sites excluding steroid dienone is 1. The SMILES string of the molecule is C[C@@H](NC(=O)COC(=O)c1c2c(nc3ccccc13)/C(=C\c1c(F)cccc1Cl)CC2)c1ccccc1. The molecular formula is C30H24ClFN2O3. The van der Waals surface area contributed by atoms with Gasteiger partial charge in [0.25, 0.3) is 5.91 Å². The lowest BCUT2D eigenvalue weighted by molar-refractivity contribution is -0.124. The van der Waals surface area contributed by atoms with Gasteiger partial charge in [0.05, 0.1) is 27.8 Å². The van der Waals surface area contributed by atoms with Crippen LogP contribution in [-0.4, -0.2) is 23.5 Å². The number of nitrogens with one attached hydrogen (secondary N) is 1. The monoisotopic (exact) mass is 514 g/mol. The minimum Gasteiger partial charge on any atom is -0.452 e. The summed E-state index contributed by atoms with van der Waals surface area (Å²) in [5, 5.41) is 3.80. The molecule has 1 N–H and O–H groups in total. The summed E-state index contributed by atoms with van der Waals surface area (Å²) >= 11 is 6.24. The third kappa shape index (κ3) is 5.11. The van der Waals surface area contributed by atoms with Gasteiger partial charge in [-0.1, -0.05) is 66.2 Å². The first-order chi connectivity index (χ1) is 17.9. The van der Waals surface area contributed by atoms with E-state index < -0.39 is 24.3 Å². The number of hydrogen-bond acceptors (Lipinski definition) is 4. The highest BCUT2D eigenvalue weighted by molar-refractivity contribution is 6.32. The lowest BCUT2D eigenvalue weighted by Gasteiger charge is -2.15. The molecule has 1 amide bonds. The predicted octanol–water partition coefficient (Wildman–Crippen LogP) is 6.55. The summed E-state index contributed by atoms with van der Waals surface area (Å²) in [6, 6.07) is 21.1. The fourth-order valence-electron chi connectivity index (χ4n) is 4.65. The maximum absolute atomic E-state index is 14.5. The Kier molecular flexibility index (Phi) is 7.01. The summed E-state index contributed by atoms with van der Waals surface area (Å²) < 4.78 is 19.9. The van der Waals surface area contributed by atoms with Gasteiger partial charge in [0.15, 0.2) is 6.61 Å². The molecule has 5 rings (SSSR count). The first-order valence-electron chi connectivity index (χ1n) is 12.0. The van der Waals surface area contributed by atoms with E-state index in [1.165, 1.54) is 6.07 Å². The van der Waals surface area contributed by atoms with Crippen LogP contribution < -0.4 is 5.32 Å². The molecule has 1 aliphatic rings. The number of pyridine rings is 1. The number of ether oxygens (including phenoxy) is 1. The fourth-order valence-corrected chi connectivity index (χ4v) is 4.86. The van der Waals surface area contributed by atoms with Crippen LogP contribution in [-0.2, 0) is 16.0 Å². The third-order valence-corrected chi connectivity index (χ3v) is 6.81. The van der Waals surface area contributed by atoms with Gasteiger partial charge in [-0.2, -0.15) is 0 Å². The van der Waals surface area contributed by atoms with Crippen molar-refractivity contribution in [2.75, 3.05) is 6.61 Å². The maximum Gasteiger partial charge on any atom is 0.339 e. The highest BCUT2D eigenvalue weighted by Gasteiger charge is 2.28. The van der Waals surface area contributed by atoms with Crippen LogP contribution in [0.5, 0.6) is 0 Å². The summed E-state index contributed by atoms with van der Waals surface area (Å²) in [7, 11) is 0. The van der Waals surface area contributed by atoms with E-state index >= 15 is 0 Å². The molecule has 1 aliphatic carbocycles. The minimum atomic E-state index is -0.595. The first-order valence-corrected chi connectivity index (χ1v) is 12.4. The van der Waals surface area contributed by atoms with Crippen molar-refractivity contribution in [1.82, 2.24) is 10.3 Å². The zero-order chi connectivity index (χ0) is 25.9. The Bertz CT molecular complexity index is 1510. The summed E-state index contributed by atoms with van der Waals surface area (Å²) in [4.78, 5) is 30.6. The van der Waals surface area contributed by atoms with Gasteiger partial charge >= 0.3 is 5.97 Å². The Morgan fingerprint density at radius 2 is 1.81 bits per heavy atom. The van der Waals surface area contributed by atoms with Gasteiger partial charge < -0.3 is 10.1 Å². The second-order valence-corrected chi connectivity index (χ2v) is 9.32. The number of nitrogens with zero attached hydrogens (tertiary/aromatic N) is 1. The van der Waals surface area contributed by atoms with Crippen molar-refractivity contribution in [3.8, 4) is 0 Å². The van der Waals surface area contributed by atoms with E-state index in [-0.39, 0.29) is 11.6 Å². The topological polar surface area (TPSA) is 68.3 Å². The molecule has 0 fully saturated rings. The van der Waals surface area contributed by atoms with Crippen LogP contribution >= 0.6 is 11.6 Å². The molecule has 3 aromatic carbocycles. The summed E-state index contributed by atoms with van der Waals surface area (Å²) in [6.45, 7) is 1.46. The molecule has 4 aromatic rings. The number of carbonyl (C=O) groups is 2. The number of rotatable bonds is 6. The summed E-state index contributed by atoms with van der Waals surface area (Å²) in [6.07, 6.45) is 2.80. The number of hydrogen-bond donors (Lipinski definition) is 1. The Morgan fingerprint density at radius 3 is 2.59 bits per heavy atom. The first kappa shape index (κ1) is 24.7. The fraction of sp³-hybridized carbons (Fsp3) is 0.167. The van der Waals surface area contributed by atoms with E-state index in [0.29, 0.717) is 40.0 Å². The van der Waals surface area contributed by atoms with Crippen LogP contribution in [0.15, 0.2) is 72.8 Å². The molecule has 0 radical (unpaired) electrons. The Hall–Kier alpha value is -4.03. The minimum absolute atomic E-state index is 0.226. The van der Waals surface area contributed by atoms with Gasteiger partial charge in [0, 0.05) is 10.9 Å². The third-order valence-electron chi connectivity index (χ3n) is 6.48. The van der Waals surface area contributed by atoms with E-state index in [2.05, 4.69) is 5.32 Å². The Morgan fingerprint density at radius 1 is 1.05 bits per heavy atom. The molecule has 0 saturated heterocycles. The molecule has 0 saturated carbocycles. The van der Waals surface area contributed by atoms with E-state index in [9.17, 15) is 14.0 Å². The van der Waals surface area contributed by atoms with Gasteiger partial charge in [-0.15, -0.1) is 0 Å². The molecule has 1 heterocycles. The average Bonchev–Trinajstić information content (AvgIpc) is 3.30. The largest absolute Gasteiger partial charge is 0.452 e. The Labute approximate surface area is 218 Å². The van der Waals surface area contributed by atoms with Crippen LogP contribution in [0.4, 0.5) is 4.39 Å². The van der Waals surface area contributed by atoms with Crippen LogP contribution in [0.1, 0.15) is 52.1 Å². The zero-order valence-electron chi connectivity index (χ0n) is 20.1. The van der Waals surface area contributed by atoms with Gasteiger partial charge in [0.2, 0.25) is 0 Å². The molecule has 7 heteroatoms. The van der Waals surface area contributed by atoms with Crippen molar-refractivity contribution in [2.24, 2.45) is 0 Å². The van der Waals surface area contributed by atoms with Gasteiger partial charge in [0.1, 0.15) is 5.82 Å². The second kappa shape index (κ2) is 10.5. The number of halogens is 2. The van der Waals surface area contributed by atoms with Crippen molar-refractivity contribution < 1.29 is 18.7 Å². The predicted molar refractivity (Wildman–Crippen MR) is 143 cm³/mol.